The number of carbonyl (C=O) groups excluding carboxylic acids is 1. The Morgan fingerprint density at radius 1 is 1.30 bits per heavy atom. The van der Waals surface area contributed by atoms with Crippen molar-refractivity contribution in [2.24, 2.45) is 0 Å². The maximum absolute atomic E-state index is 12.9. The third-order valence-electron chi connectivity index (χ3n) is 4.28. The summed E-state index contributed by atoms with van der Waals surface area (Å²) in [6.07, 6.45) is 2.87. The van der Waals surface area contributed by atoms with Gasteiger partial charge in [0.25, 0.3) is 5.91 Å². The zero-order valence-corrected chi connectivity index (χ0v) is 17.4. The molecule has 1 aliphatic rings. The largest absolute Gasteiger partial charge is 0.493 e. The van der Waals surface area contributed by atoms with E-state index in [0.29, 0.717) is 33.6 Å². The molecule has 1 aromatic carbocycles. The smallest absolute Gasteiger partial charge is 0.303 e. The molecule has 6 nitrogen and oxygen atoms in total. The molecule has 0 atom stereocenters. The summed E-state index contributed by atoms with van der Waals surface area (Å²) in [5, 5.41) is 8.83. The number of hydrogen-bond acceptors (Lipinski definition) is 6. The minimum atomic E-state index is -0.843. The molecule has 2 rings (SSSR count). The van der Waals surface area contributed by atoms with Crippen LogP contribution < -0.4 is 9.47 Å². The van der Waals surface area contributed by atoms with Crippen LogP contribution in [0.2, 0.25) is 0 Å². The van der Waals surface area contributed by atoms with Crippen molar-refractivity contribution in [2.75, 3.05) is 14.2 Å². The Hall–Kier alpha value is -2.06. The monoisotopic (exact) mass is 409 g/mol. The number of thioether (sulfide) groups is 1. The number of ether oxygens (including phenoxy) is 2. The molecule has 8 heteroatoms. The predicted octanol–water partition coefficient (Wildman–Crippen LogP) is 3.94. The van der Waals surface area contributed by atoms with Crippen molar-refractivity contribution in [3.63, 3.8) is 0 Å². The molecule has 1 heterocycles. The van der Waals surface area contributed by atoms with E-state index in [1.165, 1.54) is 11.8 Å². The molecule has 0 aromatic heterocycles. The normalized spacial score (nSPS) is 16.1. The number of carboxylic acid groups (broad SMARTS) is 1. The van der Waals surface area contributed by atoms with Gasteiger partial charge in [0, 0.05) is 12.0 Å². The van der Waals surface area contributed by atoms with Crippen LogP contribution in [-0.2, 0) is 9.59 Å². The van der Waals surface area contributed by atoms with Crippen LogP contribution in [0.25, 0.3) is 6.08 Å². The van der Waals surface area contributed by atoms with Crippen LogP contribution in [-0.4, -0.2) is 46.0 Å². The van der Waals surface area contributed by atoms with Gasteiger partial charge in [-0.2, -0.15) is 0 Å². The Labute approximate surface area is 168 Å². The lowest BCUT2D eigenvalue weighted by Gasteiger charge is -2.34. The summed E-state index contributed by atoms with van der Waals surface area (Å²) in [7, 11) is 3.12. The van der Waals surface area contributed by atoms with Crippen LogP contribution in [0, 0.1) is 0 Å². The lowest BCUT2D eigenvalue weighted by molar-refractivity contribution is -0.137. The lowest BCUT2D eigenvalue weighted by Crippen LogP contribution is -2.46. The highest BCUT2D eigenvalue weighted by atomic mass is 32.2. The van der Waals surface area contributed by atoms with Gasteiger partial charge >= 0.3 is 5.97 Å². The zero-order valence-electron chi connectivity index (χ0n) is 15.8. The Morgan fingerprint density at radius 2 is 1.96 bits per heavy atom. The second-order valence-corrected chi connectivity index (χ2v) is 8.37. The second-order valence-electron chi connectivity index (χ2n) is 6.69. The molecule has 146 valence electrons. The van der Waals surface area contributed by atoms with E-state index >= 15 is 0 Å². The summed E-state index contributed by atoms with van der Waals surface area (Å²) >= 11 is 6.66. The topological polar surface area (TPSA) is 76.1 Å². The van der Waals surface area contributed by atoms with E-state index in [4.69, 9.17) is 26.8 Å². The van der Waals surface area contributed by atoms with Crippen molar-refractivity contribution in [3.05, 3.63) is 28.7 Å². The summed E-state index contributed by atoms with van der Waals surface area (Å²) in [5.41, 5.74) is 0.251. The van der Waals surface area contributed by atoms with Crippen molar-refractivity contribution in [1.82, 2.24) is 4.90 Å². The van der Waals surface area contributed by atoms with Crippen molar-refractivity contribution in [1.29, 1.82) is 0 Å². The summed E-state index contributed by atoms with van der Waals surface area (Å²) < 4.78 is 11.0. The molecular weight excluding hydrogens is 386 g/mol. The van der Waals surface area contributed by atoms with Crippen molar-refractivity contribution >= 4 is 46.3 Å². The molecule has 1 aliphatic heterocycles. The van der Waals surface area contributed by atoms with Gasteiger partial charge in [-0.3, -0.25) is 14.5 Å². The fourth-order valence-electron chi connectivity index (χ4n) is 2.87. The number of rotatable bonds is 8. The number of hydrogen-bond donors (Lipinski definition) is 1. The van der Waals surface area contributed by atoms with Crippen LogP contribution in [0.1, 0.15) is 38.7 Å². The van der Waals surface area contributed by atoms with Crippen LogP contribution in [0.5, 0.6) is 11.5 Å². The average Bonchev–Trinajstić information content (AvgIpc) is 2.88. The van der Waals surface area contributed by atoms with E-state index in [0.717, 1.165) is 5.56 Å². The Balaban J connectivity index is 2.22. The molecule has 1 N–H and O–H groups in total. The third-order valence-corrected chi connectivity index (χ3v) is 5.59. The first-order valence-corrected chi connectivity index (χ1v) is 9.64. The van der Waals surface area contributed by atoms with Gasteiger partial charge in [0.15, 0.2) is 11.5 Å². The number of carbonyl (C=O) groups is 2. The van der Waals surface area contributed by atoms with E-state index in [-0.39, 0.29) is 12.3 Å². The molecule has 0 aliphatic carbocycles. The molecule has 0 radical (unpaired) electrons. The van der Waals surface area contributed by atoms with Gasteiger partial charge in [-0.25, -0.2) is 0 Å². The van der Waals surface area contributed by atoms with Crippen LogP contribution in [0.15, 0.2) is 23.1 Å². The number of benzene rings is 1. The maximum Gasteiger partial charge on any atom is 0.303 e. The minimum absolute atomic E-state index is 0.0692. The Bertz CT molecular complexity index is 788. The number of thiocarbonyl (C=S) groups is 1. The molecule has 0 spiro atoms. The van der Waals surface area contributed by atoms with Crippen molar-refractivity contribution < 1.29 is 24.2 Å². The molecule has 27 heavy (non-hydrogen) atoms. The Kier molecular flexibility index (Phi) is 6.89. The number of nitrogens with zero attached hydrogens (tertiary/aromatic N) is 1. The van der Waals surface area contributed by atoms with Crippen molar-refractivity contribution in [2.45, 2.75) is 38.6 Å². The van der Waals surface area contributed by atoms with E-state index in [9.17, 15) is 9.59 Å². The third kappa shape index (κ3) is 5.01. The molecule has 1 fully saturated rings. The van der Waals surface area contributed by atoms with E-state index in [2.05, 4.69) is 0 Å². The predicted molar refractivity (Wildman–Crippen MR) is 110 cm³/mol. The first-order chi connectivity index (χ1) is 12.7. The molecular formula is C19H23NO5S2. The summed E-state index contributed by atoms with van der Waals surface area (Å²) in [6.45, 7) is 3.80. The highest BCUT2D eigenvalue weighted by Crippen LogP contribution is 2.39. The number of amides is 1. The fourth-order valence-corrected chi connectivity index (χ4v) is 4.45. The Morgan fingerprint density at radius 3 is 2.56 bits per heavy atom. The zero-order chi connectivity index (χ0) is 20.2. The van der Waals surface area contributed by atoms with E-state index in [1.807, 2.05) is 19.9 Å². The van der Waals surface area contributed by atoms with Gasteiger partial charge < -0.3 is 14.6 Å². The van der Waals surface area contributed by atoms with E-state index in [1.54, 1.807) is 37.3 Å². The molecule has 0 unspecified atom stereocenters. The van der Waals surface area contributed by atoms with Gasteiger partial charge in [0.1, 0.15) is 4.32 Å². The molecule has 1 amide bonds. The van der Waals surface area contributed by atoms with Gasteiger partial charge in [0.05, 0.1) is 19.1 Å². The van der Waals surface area contributed by atoms with Crippen LogP contribution >= 0.6 is 24.0 Å². The molecule has 1 saturated heterocycles. The second kappa shape index (κ2) is 8.75. The maximum atomic E-state index is 12.9. The first kappa shape index (κ1) is 21.2. The van der Waals surface area contributed by atoms with Crippen LogP contribution in [0.4, 0.5) is 0 Å². The van der Waals surface area contributed by atoms with Crippen molar-refractivity contribution in [3.8, 4) is 11.5 Å². The van der Waals surface area contributed by atoms with Gasteiger partial charge in [-0.15, -0.1) is 0 Å². The van der Waals surface area contributed by atoms with Gasteiger partial charge in [-0.1, -0.05) is 30.0 Å². The van der Waals surface area contributed by atoms with E-state index < -0.39 is 11.5 Å². The molecule has 0 bridgehead atoms. The standard InChI is InChI=1S/C19H23NO5S2/c1-19(2,9-5-6-16(21)22)20-17(23)15(27-18(20)26)11-12-7-8-13(24-3)14(10-12)25-4/h7-8,10-11H,5-6,9H2,1-4H3,(H,21,22)/b15-11-. The SMILES string of the molecule is COc1ccc(/C=C2\SC(=S)N(C(C)(C)CCCC(=O)O)C2=O)cc1OC. The molecule has 1 aromatic rings. The summed E-state index contributed by atoms with van der Waals surface area (Å²) in [6, 6.07) is 5.41. The quantitative estimate of drug-likeness (QED) is 0.515. The number of aliphatic carboxylic acids is 1. The number of methoxy groups -OCH3 is 2. The highest BCUT2D eigenvalue weighted by molar-refractivity contribution is 8.26. The average molecular weight is 410 g/mol. The van der Waals surface area contributed by atoms with Crippen LogP contribution in [0.3, 0.4) is 0 Å². The van der Waals surface area contributed by atoms with Gasteiger partial charge in [0.2, 0.25) is 0 Å². The fraction of sp³-hybridized carbons (Fsp3) is 0.421. The lowest BCUT2D eigenvalue weighted by atomic mass is 9.95. The highest BCUT2D eigenvalue weighted by Gasteiger charge is 2.41. The number of carboxylic acids is 1. The minimum Gasteiger partial charge on any atom is -0.493 e. The van der Waals surface area contributed by atoms with Gasteiger partial charge in [-0.05, 0) is 50.5 Å². The molecule has 0 saturated carbocycles. The summed E-state index contributed by atoms with van der Waals surface area (Å²) in [5.74, 6) is 0.183. The first-order valence-electron chi connectivity index (χ1n) is 8.41. The summed E-state index contributed by atoms with van der Waals surface area (Å²) in [4.78, 5) is 25.8.